The largest absolute Gasteiger partial charge is 0.498 e. The molecule has 0 saturated carbocycles. The third-order valence-electron chi connectivity index (χ3n) is 1.13. The van der Waals surface area contributed by atoms with Gasteiger partial charge in [0, 0.05) is 12.2 Å². The quantitative estimate of drug-likeness (QED) is 0.388. The number of carboxylic acids is 1. The number of ether oxygens (including phenoxy) is 2. The van der Waals surface area contributed by atoms with E-state index >= 15 is 0 Å². The molecule has 0 heterocycles. The maximum absolute atomic E-state index is 10.9. The van der Waals surface area contributed by atoms with Gasteiger partial charge in [-0.25, -0.2) is 9.59 Å². The van der Waals surface area contributed by atoms with Gasteiger partial charge in [0.05, 0.1) is 6.26 Å². The van der Waals surface area contributed by atoms with Crippen LogP contribution in [0.15, 0.2) is 25.0 Å². The third-order valence-corrected chi connectivity index (χ3v) is 1.13. The molecule has 1 N–H and O–H groups in total. The van der Waals surface area contributed by atoms with E-state index in [9.17, 15) is 9.59 Å². The van der Waals surface area contributed by atoms with E-state index < -0.39 is 18.0 Å². The van der Waals surface area contributed by atoms with Crippen LogP contribution in [0.25, 0.3) is 0 Å². The van der Waals surface area contributed by atoms with Gasteiger partial charge in [-0.05, 0) is 6.92 Å². The Bertz CT molecular complexity index is 244. The highest BCUT2D eigenvalue weighted by Crippen LogP contribution is 1.94. The lowest BCUT2D eigenvalue weighted by atomic mass is 10.4. The highest BCUT2D eigenvalue weighted by atomic mass is 16.6. The minimum atomic E-state index is -1.20. The molecule has 0 saturated heterocycles. The molecule has 5 heteroatoms. The molecule has 0 bridgehead atoms. The van der Waals surface area contributed by atoms with Gasteiger partial charge in [-0.3, -0.25) is 0 Å². The van der Waals surface area contributed by atoms with E-state index in [1.807, 2.05) is 0 Å². The Labute approximate surface area is 81.6 Å². The Balaban J connectivity index is 3.81. The number of carbonyl (C=O) groups is 2. The Hall–Kier alpha value is -1.78. The zero-order chi connectivity index (χ0) is 11.0. The summed E-state index contributed by atoms with van der Waals surface area (Å²) >= 11 is 0. The Morgan fingerprint density at radius 1 is 1.50 bits per heavy atom. The predicted molar refractivity (Wildman–Crippen MR) is 48.5 cm³/mol. The van der Waals surface area contributed by atoms with Crippen LogP contribution in [0, 0.1) is 0 Å². The minimum Gasteiger partial charge on any atom is -0.498 e. The van der Waals surface area contributed by atoms with E-state index in [4.69, 9.17) is 14.6 Å². The number of rotatable bonds is 6. The van der Waals surface area contributed by atoms with Crippen molar-refractivity contribution in [3.63, 3.8) is 0 Å². The third kappa shape index (κ3) is 6.90. The lowest BCUT2D eigenvalue weighted by molar-refractivity contribution is -0.144. The van der Waals surface area contributed by atoms with Gasteiger partial charge in [0.25, 0.3) is 0 Å². The Morgan fingerprint density at radius 2 is 2.14 bits per heavy atom. The molecule has 0 aliphatic carbocycles. The molecule has 78 valence electrons. The monoisotopic (exact) mass is 200 g/mol. The molecule has 0 spiro atoms. The molecule has 0 radical (unpaired) electrons. The maximum atomic E-state index is 10.9. The fraction of sp³-hybridized carbons (Fsp3) is 0.333. The molecular formula is C9H12O5. The van der Waals surface area contributed by atoms with Crippen molar-refractivity contribution in [2.45, 2.75) is 13.0 Å². The molecule has 0 fully saturated rings. The van der Waals surface area contributed by atoms with E-state index in [-0.39, 0.29) is 6.61 Å². The number of aliphatic carboxylic acids is 1. The van der Waals surface area contributed by atoms with Crippen LogP contribution in [0.1, 0.15) is 6.92 Å². The van der Waals surface area contributed by atoms with Crippen molar-refractivity contribution in [2.24, 2.45) is 0 Å². The highest BCUT2D eigenvalue weighted by Gasteiger charge is 2.06. The summed E-state index contributed by atoms with van der Waals surface area (Å²) in [4.78, 5) is 20.9. The van der Waals surface area contributed by atoms with Crippen molar-refractivity contribution in [1.82, 2.24) is 0 Å². The zero-order valence-electron chi connectivity index (χ0n) is 7.80. The first kappa shape index (κ1) is 12.2. The Kier molecular flexibility index (Phi) is 5.85. The van der Waals surface area contributed by atoms with E-state index in [0.717, 1.165) is 6.08 Å². The number of carboxylic acid groups (broad SMARTS) is 1. The zero-order valence-corrected chi connectivity index (χ0v) is 7.80. The van der Waals surface area contributed by atoms with E-state index in [2.05, 4.69) is 6.58 Å². The van der Waals surface area contributed by atoms with Crippen molar-refractivity contribution < 1.29 is 24.2 Å². The van der Waals surface area contributed by atoms with Crippen LogP contribution in [0.3, 0.4) is 0 Å². The van der Waals surface area contributed by atoms with Gasteiger partial charge in [0.2, 0.25) is 0 Å². The molecule has 0 aliphatic rings. The second-order valence-corrected chi connectivity index (χ2v) is 2.42. The summed E-state index contributed by atoms with van der Waals surface area (Å²) < 4.78 is 9.51. The number of hydrogen-bond donors (Lipinski definition) is 1. The van der Waals surface area contributed by atoms with Crippen molar-refractivity contribution in [3.05, 3.63) is 25.0 Å². The van der Waals surface area contributed by atoms with Gasteiger partial charge in [-0.2, -0.15) is 0 Å². The maximum Gasteiger partial charge on any atom is 0.331 e. The van der Waals surface area contributed by atoms with Crippen LogP contribution in [0.2, 0.25) is 0 Å². The van der Waals surface area contributed by atoms with Crippen molar-refractivity contribution in [3.8, 4) is 0 Å². The van der Waals surface area contributed by atoms with Crippen molar-refractivity contribution in [2.75, 3.05) is 6.61 Å². The molecule has 0 aromatic carbocycles. The normalized spacial score (nSPS) is 12.1. The molecule has 0 amide bonds. The summed E-state index contributed by atoms with van der Waals surface area (Å²) in [6, 6.07) is 0. The van der Waals surface area contributed by atoms with Gasteiger partial charge in [0.1, 0.15) is 12.7 Å². The van der Waals surface area contributed by atoms with Gasteiger partial charge in [0.15, 0.2) is 0 Å². The molecule has 0 rings (SSSR count). The predicted octanol–water partition coefficient (Wildman–Crippen LogP) is 0.719. The van der Waals surface area contributed by atoms with Crippen LogP contribution in [-0.4, -0.2) is 29.8 Å². The summed E-state index contributed by atoms with van der Waals surface area (Å²) in [5.74, 6) is -1.91. The van der Waals surface area contributed by atoms with Gasteiger partial charge >= 0.3 is 11.9 Å². The SMILES string of the molecule is C=COCC(C)OC(=O)/C=C/C(=O)O. The van der Waals surface area contributed by atoms with E-state index in [0.29, 0.717) is 6.08 Å². The van der Waals surface area contributed by atoms with Crippen LogP contribution in [0.4, 0.5) is 0 Å². The van der Waals surface area contributed by atoms with Gasteiger partial charge in [-0.1, -0.05) is 6.58 Å². The summed E-state index contributed by atoms with van der Waals surface area (Å²) in [5.41, 5.74) is 0. The number of hydrogen-bond acceptors (Lipinski definition) is 4. The average molecular weight is 200 g/mol. The fourth-order valence-electron chi connectivity index (χ4n) is 0.614. The molecular weight excluding hydrogens is 188 g/mol. The summed E-state index contributed by atoms with van der Waals surface area (Å²) in [6.07, 6.45) is 2.34. The molecule has 0 aromatic heterocycles. The molecule has 1 atom stereocenters. The summed E-state index contributed by atoms with van der Waals surface area (Å²) in [6.45, 7) is 5.13. The lowest BCUT2D eigenvalue weighted by Gasteiger charge is -2.10. The van der Waals surface area contributed by atoms with Gasteiger partial charge in [-0.15, -0.1) is 0 Å². The second-order valence-electron chi connectivity index (χ2n) is 2.42. The van der Waals surface area contributed by atoms with Crippen LogP contribution in [0.5, 0.6) is 0 Å². The lowest BCUT2D eigenvalue weighted by Crippen LogP contribution is -2.18. The molecule has 0 aromatic rings. The van der Waals surface area contributed by atoms with Gasteiger partial charge < -0.3 is 14.6 Å². The number of carbonyl (C=O) groups excluding carboxylic acids is 1. The first-order chi connectivity index (χ1) is 6.56. The topological polar surface area (TPSA) is 72.8 Å². The molecule has 14 heavy (non-hydrogen) atoms. The second kappa shape index (κ2) is 6.71. The van der Waals surface area contributed by atoms with Crippen LogP contribution >= 0.6 is 0 Å². The highest BCUT2D eigenvalue weighted by molar-refractivity contribution is 5.90. The summed E-state index contributed by atoms with van der Waals surface area (Å²) in [5, 5.41) is 8.21. The van der Waals surface area contributed by atoms with Crippen molar-refractivity contribution in [1.29, 1.82) is 0 Å². The molecule has 0 aliphatic heterocycles. The number of esters is 1. The standard InChI is InChI=1S/C9H12O5/c1-3-13-6-7(2)14-9(12)5-4-8(10)11/h3-5,7H,1,6H2,2H3,(H,10,11)/b5-4+. The van der Waals surface area contributed by atoms with E-state index in [1.165, 1.54) is 6.26 Å². The summed E-state index contributed by atoms with van der Waals surface area (Å²) in [7, 11) is 0. The first-order valence-corrected chi connectivity index (χ1v) is 3.90. The first-order valence-electron chi connectivity index (χ1n) is 3.90. The molecule has 1 unspecified atom stereocenters. The van der Waals surface area contributed by atoms with E-state index in [1.54, 1.807) is 6.92 Å². The smallest absolute Gasteiger partial charge is 0.331 e. The fourth-order valence-corrected chi connectivity index (χ4v) is 0.614. The Morgan fingerprint density at radius 3 is 2.64 bits per heavy atom. The van der Waals surface area contributed by atoms with Crippen molar-refractivity contribution >= 4 is 11.9 Å². The van der Waals surface area contributed by atoms with Crippen LogP contribution in [-0.2, 0) is 19.1 Å². The molecule has 5 nitrogen and oxygen atoms in total. The van der Waals surface area contributed by atoms with Crippen LogP contribution < -0.4 is 0 Å². The minimum absolute atomic E-state index is 0.191. The average Bonchev–Trinajstić information content (AvgIpc) is 2.11.